The Hall–Kier alpha value is -3.40. The first-order valence-corrected chi connectivity index (χ1v) is 12.1. The van der Waals surface area contributed by atoms with E-state index >= 15 is 0 Å². The molecule has 0 spiro atoms. The van der Waals surface area contributed by atoms with E-state index in [2.05, 4.69) is 53.4 Å². The van der Waals surface area contributed by atoms with Crippen LogP contribution in [-0.4, -0.2) is 44.4 Å². The van der Waals surface area contributed by atoms with Gasteiger partial charge in [0.2, 0.25) is 9.84 Å². The summed E-state index contributed by atoms with van der Waals surface area (Å²) in [5, 5.41) is 9.56. The summed E-state index contributed by atoms with van der Waals surface area (Å²) < 4.78 is 25.7. The molecule has 4 rings (SSSR count). The lowest BCUT2D eigenvalue weighted by Gasteiger charge is -2.39. The van der Waals surface area contributed by atoms with E-state index in [-0.39, 0.29) is 15.8 Å². The van der Waals surface area contributed by atoms with Crippen molar-refractivity contribution in [1.82, 2.24) is 9.80 Å². The Balaban J connectivity index is 1.53. The summed E-state index contributed by atoms with van der Waals surface area (Å²) in [5.74, 6) is 0. The fourth-order valence-corrected chi connectivity index (χ4v) is 5.24. The maximum absolute atomic E-state index is 12.9. The van der Waals surface area contributed by atoms with E-state index in [0.717, 1.165) is 13.1 Å². The van der Waals surface area contributed by atoms with Crippen molar-refractivity contribution < 1.29 is 8.42 Å². The first kappa shape index (κ1) is 21.8. The molecule has 1 saturated heterocycles. The second-order valence-electron chi connectivity index (χ2n) is 7.72. The van der Waals surface area contributed by atoms with E-state index in [1.807, 2.05) is 23.1 Å². The average molecular weight is 444 g/mol. The number of nitrogens with zero attached hydrogens (tertiary/aromatic N) is 3. The quantitative estimate of drug-likeness (QED) is 0.534. The van der Waals surface area contributed by atoms with Crippen molar-refractivity contribution in [3.05, 3.63) is 113 Å². The van der Waals surface area contributed by atoms with Crippen molar-refractivity contribution in [3.63, 3.8) is 0 Å². The molecular formula is C26H25N3O2S. The summed E-state index contributed by atoms with van der Waals surface area (Å²) >= 11 is 0. The molecule has 1 fully saturated rings. The van der Waals surface area contributed by atoms with E-state index in [1.54, 1.807) is 18.2 Å². The van der Waals surface area contributed by atoms with Crippen molar-refractivity contribution in [2.45, 2.75) is 10.9 Å². The predicted octanol–water partition coefficient (Wildman–Crippen LogP) is 4.23. The van der Waals surface area contributed by atoms with Crippen LogP contribution in [0.4, 0.5) is 0 Å². The topological polar surface area (TPSA) is 64.4 Å². The van der Waals surface area contributed by atoms with Gasteiger partial charge in [0.05, 0.1) is 10.9 Å². The highest BCUT2D eigenvalue weighted by molar-refractivity contribution is 7.95. The van der Waals surface area contributed by atoms with E-state index < -0.39 is 9.84 Å². The van der Waals surface area contributed by atoms with Crippen molar-refractivity contribution in [2.75, 3.05) is 26.2 Å². The summed E-state index contributed by atoms with van der Waals surface area (Å²) in [5.41, 5.74) is 2.46. The third kappa shape index (κ3) is 4.75. The third-order valence-corrected chi connectivity index (χ3v) is 7.37. The van der Waals surface area contributed by atoms with Gasteiger partial charge in [-0.1, -0.05) is 78.9 Å². The highest BCUT2D eigenvalue weighted by atomic mass is 32.2. The number of nitriles is 1. The Morgan fingerprint density at radius 2 is 1.25 bits per heavy atom. The fourth-order valence-electron chi connectivity index (χ4n) is 4.06. The van der Waals surface area contributed by atoms with Crippen LogP contribution >= 0.6 is 0 Å². The van der Waals surface area contributed by atoms with Crippen LogP contribution in [0.5, 0.6) is 0 Å². The molecule has 3 aromatic carbocycles. The molecule has 6 heteroatoms. The lowest BCUT2D eigenvalue weighted by molar-refractivity contribution is 0.139. The second kappa shape index (κ2) is 9.82. The molecule has 1 aliphatic heterocycles. The molecule has 1 heterocycles. The first-order chi connectivity index (χ1) is 15.6. The second-order valence-corrected chi connectivity index (χ2v) is 9.64. The first-order valence-electron chi connectivity index (χ1n) is 10.6. The molecule has 0 aliphatic carbocycles. The fraction of sp³-hybridized carbons (Fsp3) is 0.192. The smallest absolute Gasteiger partial charge is 0.218 e. The van der Waals surface area contributed by atoms with E-state index in [1.165, 1.54) is 29.5 Å². The van der Waals surface area contributed by atoms with Gasteiger partial charge >= 0.3 is 0 Å². The predicted molar refractivity (Wildman–Crippen MR) is 125 cm³/mol. The van der Waals surface area contributed by atoms with Crippen LogP contribution in [0.1, 0.15) is 17.2 Å². The minimum absolute atomic E-state index is 0.131. The van der Waals surface area contributed by atoms with Crippen molar-refractivity contribution in [3.8, 4) is 6.07 Å². The number of hydrogen-bond donors (Lipinski definition) is 0. The number of hydrogen-bond acceptors (Lipinski definition) is 5. The van der Waals surface area contributed by atoms with E-state index in [4.69, 9.17) is 0 Å². The monoisotopic (exact) mass is 443 g/mol. The van der Waals surface area contributed by atoms with Gasteiger partial charge in [0.1, 0.15) is 6.07 Å². The molecule has 32 heavy (non-hydrogen) atoms. The van der Waals surface area contributed by atoms with Crippen molar-refractivity contribution in [2.24, 2.45) is 0 Å². The molecule has 0 amide bonds. The molecule has 0 radical (unpaired) electrons. The lowest BCUT2D eigenvalue weighted by atomic mass is 9.96. The van der Waals surface area contributed by atoms with Crippen LogP contribution < -0.4 is 0 Å². The molecule has 3 aromatic rings. The molecule has 0 atom stereocenters. The van der Waals surface area contributed by atoms with Gasteiger partial charge in [0.15, 0.2) is 4.91 Å². The minimum atomic E-state index is -3.82. The van der Waals surface area contributed by atoms with Gasteiger partial charge in [-0.15, -0.1) is 0 Å². The summed E-state index contributed by atoms with van der Waals surface area (Å²) in [7, 11) is -3.82. The van der Waals surface area contributed by atoms with Gasteiger partial charge < -0.3 is 4.90 Å². The number of piperazine rings is 1. The van der Waals surface area contributed by atoms with Gasteiger partial charge in [-0.05, 0) is 23.3 Å². The van der Waals surface area contributed by atoms with Crippen molar-refractivity contribution in [1.29, 1.82) is 5.26 Å². The number of benzene rings is 3. The SMILES string of the molecule is N#CC(=CN1CCN(C(c2ccccc2)c2ccccc2)CC1)S(=O)(=O)c1ccccc1. The largest absolute Gasteiger partial charge is 0.373 e. The Kier molecular flexibility index (Phi) is 6.69. The average Bonchev–Trinajstić information content (AvgIpc) is 2.85. The lowest BCUT2D eigenvalue weighted by Crippen LogP contribution is -2.46. The number of allylic oxidation sites excluding steroid dienone is 1. The maximum atomic E-state index is 12.9. The summed E-state index contributed by atoms with van der Waals surface area (Å²) in [6.45, 7) is 2.81. The highest BCUT2D eigenvalue weighted by Crippen LogP contribution is 2.29. The zero-order valence-corrected chi connectivity index (χ0v) is 18.5. The Labute approximate surface area is 189 Å². The van der Waals surface area contributed by atoms with Crippen molar-refractivity contribution >= 4 is 9.84 Å². The molecule has 162 valence electrons. The molecule has 5 nitrogen and oxygen atoms in total. The standard InChI is InChI=1S/C26H25N3O2S/c27-20-25(32(30,31)24-14-8-3-9-15-24)21-28-16-18-29(19-17-28)26(22-10-4-1-5-11-22)23-12-6-2-7-13-23/h1-15,21,26H,16-19H2. The zero-order valence-electron chi connectivity index (χ0n) is 17.7. The molecule has 0 aromatic heterocycles. The van der Waals surface area contributed by atoms with Crippen LogP contribution in [-0.2, 0) is 9.84 Å². The molecule has 0 unspecified atom stereocenters. The Bertz CT molecular complexity index is 1160. The van der Waals surface area contributed by atoms with Crippen LogP contribution in [0.2, 0.25) is 0 Å². The highest BCUT2D eigenvalue weighted by Gasteiger charge is 2.27. The molecule has 0 saturated carbocycles. The molecule has 1 aliphatic rings. The summed E-state index contributed by atoms with van der Waals surface area (Å²) in [6.07, 6.45) is 1.50. The van der Waals surface area contributed by atoms with Gasteiger partial charge in [0.25, 0.3) is 0 Å². The Morgan fingerprint density at radius 1 is 0.781 bits per heavy atom. The third-order valence-electron chi connectivity index (χ3n) is 5.70. The van der Waals surface area contributed by atoms with E-state index in [9.17, 15) is 13.7 Å². The number of sulfone groups is 1. The summed E-state index contributed by atoms with van der Waals surface area (Å²) in [6, 6.07) is 31.0. The maximum Gasteiger partial charge on any atom is 0.218 e. The normalized spacial score (nSPS) is 15.5. The summed E-state index contributed by atoms with van der Waals surface area (Å²) in [4.78, 5) is 4.26. The molecule has 0 N–H and O–H groups in total. The van der Waals surface area contributed by atoms with Gasteiger partial charge in [-0.3, -0.25) is 4.90 Å². The van der Waals surface area contributed by atoms with Crippen LogP contribution in [0, 0.1) is 11.3 Å². The van der Waals surface area contributed by atoms with Crippen LogP contribution in [0.25, 0.3) is 0 Å². The zero-order chi connectivity index (χ0) is 22.4. The van der Waals surface area contributed by atoms with Crippen LogP contribution in [0.3, 0.4) is 0 Å². The van der Waals surface area contributed by atoms with Gasteiger partial charge in [0, 0.05) is 32.4 Å². The molecule has 0 bridgehead atoms. The van der Waals surface area contributed by atoms with E-state index in [0.29, 0.717) is 13.1 Å². The van der Waals surface area contributed by atoms with Crippen LogP contribution in [0.15, 0.2) is 107 Å². The molecular weight excluding hydrogens is 418 g/mol. The van der Waals surface area contributed by atoms with Gasteiger partial charge in [-0.2, -0.15) is 5.26 Å². The minimum Gasteiger partial charge on any atom is -0.373 e. The Morgan fingerprint density at radius 3 is 1.72 bits per heavy atom. The number of rotatable bonds is 6. The van der Waals surface area contributed by atoms with Gasteiger partial charge in [-0.25, -0.2) is 8.42 Å².